The van der Waals surface area contributed by atoms with Crippen molar-refractivity contribution < 1.29 is 13.7 Å². The molecule has 0 radical (unpaired) electrons. The fourth-order valence-corrected chi connectivity index (χ4v) is 5.00. The summed E-state index contributed by atoms with van der Waals surface area (Å²) in [6.45, 7) is 7.26. The van der Waals surface area contributed by atoms with Gasteiger partial charge < -0.3 is 15.0 Å². The molecule has 1 saturated carbocycles. The number of carbonyl (C=O) groups excluding carboxylic acids is 1. The lowest BCUT2D eigenvalue weighted by atomic mass is 10.1. The summed E-state index contributed by atoms with van der Waals surface area (Å²) in [5, 5.41) is 3.56. The summed E-state index contributed by atoms with van der Waals surface area (Å²) in [6.07, 6.45) is 8.89. The Labute approximate surface area is 155 Å². The van der Waals surface area contributed by atoms with Gasteiger partial charge in [0.05, 0.1) is 0 Å². The Balaban J connectivity index is 1.88. The molecule has 0 aromatic rings. The van der Waals surface area contributed by atoms with Crippen LogP contribution in [0.2, 0.25) is 0 Å². The first kappa shape index (κ1) is 20.7. The highest BCUT2D eigenvalue weighted by Gasteiger charge is 2.29. The molecule has 2 rings (SSSR count). The third kappa shape index (κ3) is 7.65. The zero-order valence-electron chi connectivity index (χ0n) is 16.2. The molecule has 5 nitrogen and oxygen atoms in total. The summed E-state index contributed by atoms with van der Waals surface area (Å²) in [5.41, 5.74) is -0.457. The predicted molar refractivity (Wildman–Crippen MR) is 103 cm³/mol. The SMILES string of the molecule is CC(C)(C)OC(=O)N(CCNC1CCS(=O)CC1)C1CCCCCC1. The molecular formula is C19H36N2O3S. The molecule has 2 aliphatic rings. The molecule has 1 aliphatic carbocycles. The Kier molecular flexibility index (Phi) is 8.20. The maximum atomic E-state index is 12.7. The van der Waals surface area contributed by atoms with Crippen LogP contribution in [-0.4, -0.2) is 57.5 Å². The monoisotopic (exact) mass is 372 g/mol. The normalized spacial score (nSPS) is 26.0. The van der Waals surface area contributed by atoms with E-state index in [9.17, 15) is 9.00 Å². The molecule has 0 bridgehead atoms. The maximum absolute atomic E-state index is 12.7. The van der Waals surface area contributed by atoms with Crippen molar-refractivity contribution in [2.24, 2.45) is 0 Å². The van der Waals surface area contributed by atoms with E-state index in [1.807, 2.05) is 25.7 Å². The van der Waals surface area contributed by atoms with Crippen LogP contribution in [0, 0.1) is 0 Å². The van der Waals surface area contributed by atoms with Crippen LogP contribution < -0.4 is 5.32 Å². The number of nitrogens with one attached hydrogen (secondary N) is 1. The Morgan fingerprint density at radius 2 is 1.68 bits per heavy atom. The Morgan fingerprint density at radius 1 is 1.08 bits per heavy atom. The second kappa shape index (κ2) is 9.91. The smallest absolute Gasteiger partial charge is 0.410 e. The number of hydrogen-bond acceptors (Lipinski definition) is 4. The molecule has 2 fully saturated rings. The number of nitrogens with zero attached hydrogens (tertiary/aromatic N) is 1. The molecule has 6 heteroatoms. The quantitative estimate of drug-likeness (QED) is 0.751. The number of amides is 1. The molecule has 1 N–H and O–H groups in total. The average Bonchev–Trinajstić information content (AvgIpc) is 2.80. The summed E-state index contributed by atoms with van der Waals surface area (Å²) in [6, 6.07) is 0.741. The number of rotatable bonds is 5. The standard InChI is InChI=1S/C19H36N2O3S/c1-19(2,3)24-18(22)21(17-8-6-4-5-7-9-17)13-12-20-16-10-14-25(23)15-11-16/h16-17,20H,4-15H2,1-3H3. The van der Waals surface area contributed by atoms with E-state index >= 15 is 0 Å². The van der Waals surface area contributed by atoms with Gasteiger partial charge in [0.25, 0.3) is 0 Å². The van der Waals surface area contributed by atoms with Gasteiger partial charge in [-0.2, -0.15) is 0 Å². The van der Waals surface area contributed by atoms with Crippen molar-refractivity contribution in [2.45, 2.75) is 89.8 Å². The van der Waals surface area contributed by atoms with E-state index in [4.69, 9.17) is 4.74 Å². The third-order valence-electron chi connectivity index (χ3n) is 5.07. The average molecular weight is 373 g/mol. The van der Waals surface area contributed by atoms with E-state index in [2.05, 4.69) is 5.32 Å². The molecule has 1 aliphatic heterocycles. The molecule has 0 aromatic heterocycles. The topological polar surface area (TPSA) is 58.6 Å². The third-order valence-corrected chi connectivity index (χ3v) is 6.45. The molecule has 0 aromatic carbocycles. The van der Waals surface area contributed by atoms with Gasteiger partial charge in [-0.05, 0) is 46.5 Å². The maximum Gasteiger partial charge on any atom is 0.410 e. The van der Waals surface area contributed by atoms with E-state index in [-0.39, 0.29) is 6.09 Å². The fourth-order valence-electron chi connectivity index (χ4n) is 3.70. The highest BCUT2D eigenvalue weighted by molar-refractivity contribution is 7.85. The van der Waals surface area contributed by atoms with E-state index in [1.54, 1.807) is 0 Å². The van der Waals surface area contributed by atoms with Gasteiger partial charge in [0.1, 0.15) is 5.60 Å². The highest BCUT2D eigenvalue weighted by Crippen LogP contribution is 2.23. The van der Waals surface area contributed by atoms with E-state index in [0.717, 1.165) is 43.7 Å². The van der Waals surface area contributed by atoms with Crippen molar-refractivity contribution in [3.8, 4) is 0 Å². The summed E-state index contributed by atoms with van der Waals surface area (Å²) < 4.78 is 17.1. The Hall–Kier alpha value is -0.620. The summed E-state index contributed by atoms with van der Waals surface area (Å²) in [5.74, 6) is 1.60. The van der Waals surface area contributed by atoms with Crippen LogP contribution in [0.1, 0.15) is 72.1 Å². The molecule has 1 amide bonds. The Bertz CT molecular complexity index is 432. The predicted octanol–water partition coefficient (Wildman–Crippen LogP) is 3.45. The van der Waals surface area contributed by atoms with Crippen LogP contribution in [0.3, 0.4) is 0 Å². The van der Waals surface area contributed by atoms with Crippen molar-refractivity contribution in [2.75, 3.05) is 24.6 Å². The fraction of sp³-hybridized carbons (Fsp3) is 0.947. The van der Waals surface area contributed by atoms with E-state index in [0.29, 0.717) is 18.6 Å². The zero-order valence-corrected chi connectivity index (χ0v) is 17.0. The molecule has 1 heterocycles. The lowest BCUT2D eigenvalue weighted by molar-refractivity contribution is 0.0145. The lowest BCUT2D eigenvalue weighted by Crippen LogP contribution is -2.47. The largest absolute Gasteiger partial charge is 0.444 e. The molecule has 25 heavy (non-hydrogen) atoms. The zero-order chi connectivity index (χ0) is 18.3. The highest BCUT2D eigenvalue weighted by atomic mass is 32.2. The van der Waals surface area contributed by atoms with Gasteiger partial charge in [0.2, 0.25) is 0 Å². The minimum atomic E-state index is -0.624. The van der Waals surface area contributed by atoms with Crippen molar-refractivity contribution in [3.63, 3.8) is 0 Å². The molecule has 0 unspecified atom stereocenters. The van der Waals surface area contributed by atoms with Gasteiger partial charge in [0, 0.05) is 47.5 Å². The van der Waals surface area contributed by atoms with Crippen molar-refractivity contribution in [1.82, 2.24) is 10.2 Å². The number of hydrogen-bond donors (Lipinski definition) is 1. The summed E-state index contributed by atoms with van der Waals surface area (Å²) >= 11 is 0. The van der Waals surface area contributed by atoms with Crippen LogP contribution in [0.4, 0.5) is 4.79 Å². The molecule has 146 valence electrons. The van der Waals surface area contributed by atoms with Crippen molar-refractivity contribution in [1.29, 1.82) is 0 Å². The van der Waals surface area contributed by atoms with Crippen LogP contribution in [-0.2, 0) is 15.5 Å². The van der Waals surface area contributed by atoms with Crippen LogP contribution in [0.15, 0.2) is 0 Å². The lowest BCUT2D eigenvalue weighted by Gasteiger charge is -2.34. The first-order chi connectivity index (χ1) is 11.8. The summed E-state index contributed by atoms with van der Waals surface area (Å²) in [4.78, 5) is 14.7. The van der Waals surface area contributed by atoms with E-state index < -0.39 is 16.4 Å². The van der Waals surface area contributed by atoms with Gasteiger partial charge in [-0.15, -0.1) is 0 Å². The van der Waals surface area contributed by atoms with Crippen molar-refractivity contribution >= 4 is 16.9 Å². The van der Waals surface area contributed by atoms with Gasteiger partial charge in [-0.3, -0.25) is 4.21 Å². The number of ether oxygens (including phenoxy) is 1. The van der Waals surface area contributed by atoms with E-state index in [1.165, 1.54) is 25.7 Å². The summed E-state index contributed by atoms with van der Waals surface area (Å²) in [7, 11) is -0.624. The molecular weight excluding hydrogens is 336 g/mol. The van der Waals surface area contributed by atoms with Gasteiger partial charge in [0.15, 0.2) is 0 Å². The second-order valence-corrected chi connectivity index (χ2v) is 10.1. The van der Waals surface area contributed by atoms with Gasteiger partial charge >= 0.3 is 6.09 Å². The van der Waals surface area contributed by atoms with Crippen LogP contribution in [0.5, 0.6) is 0 Å². The molecule has 0 atom stereocenters. The van der Waals surface area contributed by atoms with Crippen LogP contribution in [0.25, 0.3) is 0 Å². The molecule has 1 saturated heterocycles. The second-order valence-electron chi connectivity index (χ2n) is 8.40. The van der Waals surface area contributed by atoms with Gasteiger partial charge in [-0.1, -0.05) is 25.7 Å². The first-order valence-electron chi connectivity index (χ1n) is 9.93. The molecule has 0 spiro atoms. The van der Waals surface area contributed by atoms with Crippen LogP contribution >= 0.6 is 0 Å². The van der Waals surface area contributed by atoms with Crippen molar-refractivity contribution in [3.05, 3.63) is 0 Å². The van der Waals surface area contributed by atoms with Gasteiger partial charge in [-0.25, -0.2) is 4.79 Å². The Morgan fingerprint density at radius 3 is 2.24 bits per heavy atom. The minimum absolute atomic E-state index is 0.175. The number of carbonyl (C=O) groups is 1. The minimum Gasteiger partial charge on any atom is -0.444 e. The first-order valence-corrected chi connectivity index (χ1v) is 11.4.